The number of para-hydroxylation sites is 2. The summed E-state index contributed by atoms with van der Waals surface area (Å²) in [5.74, 6) is 1.11. The average molecular weight is 383 g/mol. The van der Waals surface area contributed by atoms with Crippen LogP contribution in [0.5, 0.6) is 0 Å². The van der Waals surface area contributed by atoms with Gasteiger partial charge < -0.3 is 10.2 Å². The molecule has 1 N–H and O–H groups in total. The maximum Gasteiger partial charge on any atom is 0.128 e. The number of imidazole rings is 1. The van der Waals surface area contributed by atoms with E-state index in [9.17, 15) is 0 Å². The van der Waals surface area contributed by atoms with Crippen LogP contribution in [0.2, 0.25) is 0 Å². The van der Waals surface area contributed by atoms with Crippen LogP contribution in [0.15, 0.2) is 73.2 Å². The number of nitrogens with one attached hydrogen (secondary N) is 1. The predicted octanol–water partition coefficient (Wildman–Crippen LogP) is 4.31. The van der Waals surface area contributed by atoms with Gasteiger partial charge in [-0.2, -0.15) is 0 Å². The monoisotopic (exact) mass is 383 g/mol. The number of benzene rings is 2. The second-order valence-corrected chi connectivity index (χ2v) is 7.59. The molecule has 2 aromatic carbocycles. The van der Waals surface area contributed by atoms with Crippen LogP contribution in [0.25, 0.3) is 16.7 Å². The highest BCUT2D eigenvalue weighted by atomic mass is 15.2. The number of aromatic nitrogens is 3. The van der Waals surface area contributed by atoms with Gasteiger partial charge in [-0.15, -0.1) is 0 Å². The Morgan fingerprint density at radius 1 is 0.793 bits per heavy atom. The van der Waals surface area contributed by atoms with Crippen molar-refractivity contribution in [1.29, 1.82) is 0 Å². The maximum absolute atomic E-state index is 4.63. The van der Waals surface area contributed by atoms with Gasteiger partial charge in [-0.25, -0.2) is 9.97 Å². The third-order valence-corrected chi connectivity index (χ3v) is 5.57. The zero-order valence-electron chi connectivity index (χ0n) is 16.5. The summed E-state index contributed by atoms with van der Waals surface area (Å²) in [4.78, 5) is 11.5. The van der Waals surface area contributed by atoms with E-state index < -0.39 is 0 Å². The molecule has 1 aliphatic rings. The normalized spacial score (nSPS) is 14.0. The van der Waals surface area contributed by atoms with Gasteiger partial charge in [-0.3, -0.25) is 4.57 Å². The van der Waals surface area contributed by atoms with Crippen LogP contribution >= 0.6 is 0 Å². The van der Waals surface area contributed by atoms with Crippen LogP contribution in [0, 0.1) is 0 Å². The van der Waals surface area contributed by atoms with Crippen LogP contribution in [0.1, 0.15) is 24.0 Å². The smallest absolute Gasteiger partial charge is 0.128 e. The standard InChI is InChI=1S/C24H25N5/c1-2-6-23-22(5-1)27-18-29(23)21-10-7-19(8-11-21)15-25-16-20-9-12-24(26-17-20)28-13-3-4-14-28/h1-2,5-12,17-18,25H,3-4,13-16H2. The molecule has 4 aromatic rings. The minimum Gasteiger partial charge on any atom is -0.357 e. The van der Waals surface area contributed by atoms with E-state index in [0.29, 0.717) is 0 Å². The fourth-order valence-corrected chi connectivity index (χ4v) is 3.95. The summed E-state index contributed by atoms with van der Waals surface area (Å²) in [5.41, 5.74) is 5.75. The number of fused-ring (bicyclic) bond motifs is 1. The molecule has 0 aliphatic carbocycles. The SMILES string of the molecule is c1ccc2c(c1)ncn2-c1ccc(CNCc2ccc(N3CCCC3)nc2)cc1. The molecule has 5 rings (SSSR count). The van der Waals surface area contributed by atoms with Crippen molar-refractivity contribution in [2.45, 2.75) is 25.9 Å². The lowest BCUT2D eigenvalue weighted by atomic mass is 10.2. The van der Waals surface area contributed by atoms with Crippen LogP contribution in [-0.2, 0) is 13.1 Å². The lowest BCUT2D eigenvalue weighted by Gasteiger charge is -2.16. The molecule has 1 aliphatic heterocycles. The Kier molecular flexibility index (Phi) is 4.97. The van der Waals surface area contributed by atoms with E-state index in [4.69, 9.17) is 0 Å². The van der Waals surface area contributed by atoms with Gasteiger partial charge in [-0.1, -0.05) is 30.3 Å². The first-order valence-electron chi connectivity index (χ1n) is 10.3. The predicted molar refractivity (Wildman–Crippen MR) is 117 cm³/mol. The van der Waals surface area contributed by atoms with E-state index in [1.165, 1.54) is 24.0 Å². The molecule has 0 unspecified atom stereocenters. The molecule has 2 aromatic heterocycles. The summed E-state index contributed by atoms with van der Waals surface area (Å²) in [6.07, 6.45) is 6.44. The topological polar surface area (TPSA) is 46.0 Å². The lowest BCUT2D eigenvalue weighted by Crippen LogP contribution is -2.19. The summed E-state index contributed by atoms with van der Waals surface area (Å²) in [7, 11) is 0. The molecule has 0 bridgehead atoms. The summed E-state index contributed by atoms with van der Waals surface area (Å²) in [6, 6.07) is 21.2. The molecule has 1 fully saturated rings. The summed E-state index contributed by atoms with van der Waals surface area (Å²) >= 11 is 0. The van der Waals surface area contributed by atoms with Crippen LogP contribution in [0.4, 0.5) is 5.82 Å². The fraction of sp³-hybridized carbons (Fsp3) is 0.250. The molecule has 5 nitrogen and oxygen atoms in total. The highest BCUT2D eigenvalue weighted by Crippen LogP contribution is 2.19. The van der Waals surface area contributed by atoms with Crippen molar-refractivity contribution < 1.29 is 0 Å². The highest BCUT2D eigenvalue weighted by Gasteiger charge is 2.12. The molecule has 0 radical (unpaired) electrons. The molecular weight excluding hydrogens is 358 g/mol. The number of rotatable bonds is 6. The van der Waals surface area contributed by atoms with E-state index in [1.54, 1.807) is 0 Å². The molecule has 29 heavy (non-hydrogen) atoms. The summed E-state index contributed by atoms with van der Waals surface area (Å²) in [6.45, 7) is 3.92. The fourth-order valence-electron chi connectivity index (χ4n) is 3.95. The Hall–Kier alpha value is -3.18. The number of hydrogen-bond donors (Lipinski definition) is 1. The first-order valence-corrected chi connectivity index (χ1v) is 10.3. The van der Waals surface area contributed by atoms with Crippen molar-refractivity contribution in [3.63, 3.8) is 0 Å². The molecular formula is C24H25N5. The largest absolute Gasteiger partial charge is 0.357 e. The van der Waals surface area contributed by atoms with Crippen molar-refractivity contribution in [2.75, 3.05) is 18.0 Å². The Labute approximate surface area is 171 Å². The van der Waals surface area contributed by atoms with Crippen molar-refractivity contribution in [1.82, 2.24) is 19.9 Å². The van der Waals surface area contributed by atoms with Gasteiger partial charge in [0.1, 0.15) is 12.1 Å². The second-order valence-electron chi connectivity index (χ2n) is 7.59. The van der Waals surface area contributed by atoms with Crippen LogP contribution in [-0.4, -0.2) is 27.6 Å². The van der Waals surface area contributed by atoms with Gasteiger partial charge in [-0.05, 0) is 54.3 Å². The minimum absolute atomic E-state index is 0.821. The molecule has 1 saturated heterocycles. The molecule has 5 heteroatoms. The Balaban J connectivity index is 1.18. The van der Waals surface area contributed by atoms with E-state index >= 15 is 0 Å². The number of anilines is 1. The molecule has 3 heterocycles. The highest BCUT2D eigenvalue weighted by molar-refractivity contribution is 5.77. The number of hydrogen-bond acceptors (Lipinski definition) is 4. The zero-order valence-corrected chi connectivity index (χ0v) is 16.5. The Bertz CT molecular complexity index is 1080. The molecule has 0 atom stereocenters. The summed E-state index contributed by atoms with van der Waals surface area (Å²) in [5, 5.41) is 3.52. The van der Waals surface area contributed by atoms with Gasteiger partial charge in [0.2, 0.25) is 0 Å². The molecule has 0 saturated carbocycles. The van der Waals surface area contributed by atoms with Crippen molar-refractivity contribution in [3.05, 3.63) is 84.3 Å². The van der Waals surface area contributed by atoms with Gasteiger partial charge in [0, 0.05) is 38.1 Å². The van der Waals surface area contributed by atoms with Crippen molar-refractivity contribution in [3.8, 4) is 5.69 Å². The van der Waals surface area contributed by atoms with Crippen LogP contribution < -0.4 is 10.2 Å². The Morgan fingerprint density at radius 2 is 1.55 bits per heavy atom. The number of pyridine rings is 1. The molecule has 0 amide bonds. The average Bonchev–Trinajstić information content (AvgIpc) is 3.45. The second kappa shape index (κ2) is 8.05. The van der Waals surface area contributed by atoms with Crippen molar-refractivity contribution >= 4 is 16.9 Å². The first kappa shape index (κ1) is 17.9. The van der Waals surface area contributed by atoms with E-state index in [0.717, 1.165) is 48.7 Å². The zero-order chi connectivity index (χ0) is 19.5. The van der Waals surface area contributed by atoms with E-state index in [-0.39, 0.29) is 0 Å². The third kappa shape index (κ3) is 3.87. The van der Waals surface area contributed by atoms with Crippen molar-refractivity contribution in [2.24, 2.45) is 0 Å². The maximum atomic E-state index is 4.63. The van der Waals surface area contributed by atoms with Gasteiger partial charge in [0.15, 0.2) is 0 Å². The van der Waals surface area contributed by atoms with Crippen LogP contribution in [0.3, 0.4) is 0 Å². The Morgan fingerprint density at radius 3 is 2.34 bits per heavy atom. The first-order chi connectivity index (χ1) is 14.4. The molecule has 0 spiro atoms. The quantitative estimate of drug-likeness (QED) is 0.539. The van der Waals surface area contributed by atoms with Gasteiger partial charge >= 0.3 is 0 Å². The van der Waals surface area contributed by atoms with Gasteiger partial charge in [0.05, 0.1) is 11.0 Å². The van der Waals surface area contributed by atoms with E-state index in [2.05, 4.69) is 67.2 Å². The molecule has 146 valence electrons. The summed E-state index contributed by atoms with van der Waals surface area (Å²) < 4.78 is 2.13. The minimum atomic E-state index is 0.821. The lowest BCUT2D eigenvalue weighted by molar-refractivity contribution is 0.691. The van der Waals surface area contributed by atoms with E-state index in [1.807, 2.05) is 30.7 Å². The number of nitrogens with zero attached hydrogens (tertiary/aromatic N) is 4. The van der Waals surface area contributed by atoms with Gasteiger partial charge in [0.25, 0.3) is 0 Å². The third-order valence-electron chi connectivity index (χ3n) is 5.57.